The first-order chi connectivity index (χ1) is 16.5. The third kappa shape index (κ3) is 5.64. The Hall–Kier alpha value is -3.82. The number of benzene rings is 1. The summed E-state index contributed by atoms with van der Waals surface area (Å²) in [4.78, 5) is 59.2. The lowest BCUT2D eigenvalue weighted by Crippen LogP contribution is -2.56. The van der Waals surface area contributed by atoms with Crippen LogP contribution in [0.25, 0.3) is 10.8 Å². The number of carbonyl (C=O) groups excluding carboxylic acids is 3. The minimum Gasteiger partial charge on any atom is -0.481 e. The predicted molar refractivity (Wildman–Crippen MR) is 127 cm³/mol. The molecule has 0 fully saturated rings. The van der Waals surface area contributed by atoms with Crippen molar-refractivity contribution in [2.45, 2.75) is 52.2 Å². The Balaban J connectivity index is 1.81. The highest BCUT2D eigenvalue weighted by Gasteiger charge is 2.51. The second kappa shape index (κ2) is 10.6. The van der Waals surface area contributed by atoms with Crippen molar-refractivity contribution in [2.75, 3.05) is 6.61 Å². The van der Waals surface area contributed by atoms with Crippen LogP contribution in [0.4, 0.5) is 0 Å². The largest absolute Gasteiger partial charge is 0.481 e. The molecule has 0 unspecified atom stereocenters. The fourth-order valence-corrected chi connectivity index (χ4v) is 3.73. The fraction of sp³-hybridized carbons (Fsp3) is 0.440. The van der Waals surface area contributed by atoms with E-state index in [2.05, 4.69) is 15.5 Å². The van der Waals surface area contributed by atoms with Gasteiger partial charge in [0.2, 0.25) is 5.60 Å². The molecule has 1 aliphatic rings. The first-order valence-corrected chi connectivity index (χ1v) is 11.4. The molecule has 0 bridgehead atoms. The predicted octanol–water partition coefficient (Wildman–Crippen LogP) is 2.48. The van der Waals surface area contributed by atoms with Gasteiger partial charge in [-0.3, -0.25) is 24.2 Å². The molecule has 10 nitrogen and oxygen atoms in total. The normalized spacial score (nSPS) is 18.2. The molecule has 0 aliphatic carbocycles. The third-order valence-corrected chi connectivity index (χ3v) is 5.91. The number of nitrogens with one attached hydrogen (secondary N) is 1. The monoisotopic (exact) mass is 483 g/mol. The van der Waals surface area contributed by atoms with Crippen LogP contribution < -0.4 is 5.32 Å². The number of ether oxygens (including phenoxy) is 1. The molecule has 2 heterocycles. The van der Waals surface area contributed by atoms with Crippen LogP contribution in [0, 0.1) is 11.8 Å². The average Bonchev–Trinajstić information content (AvgIpc) is 3.28. The first kappa shape index (κ1) is 25.8. The molecule has 1 amide bonds. The topological polar surface area (TPSA) is 144 Å². The molecule has 2 atom stereocenters. The van der Waals surface area contributed by atoms with E-state index in [4.69, 9.17) is 9.57 Å². The molecule has 1 aromatic heterocycles. The van der Waals surface area contributed by atoms with Gasteiger partial charge in [-0.2, -0.15) is 0 Å². The molecule has 0 radical (unpaired) electrons. The highest BCUT2D eigenvalue weighted by Crippen LogP contribution is 2.35. The number of oxime groups is 1. The van der Waals surface area contributed by atoms with Crippen molar-refractivity contribution < 1.29 is 33.9 Å². The number of carboxylic acids is 1. The number of rotatable bonds is 10. The number of pyridine rings is 1. The molecule has 0 saturated heterocycles. The Labute approximate surface area is 202 Å². The summed E-state index contributed by atoms with van der Waals surface area (Å²) in [6.07, 6.45) is 1.06. The summed E-state index contributed by atoms with van der Waals surface area (Å²) < 4.78 is 4.93. The molecule has 0 spiro atoms. The maximum atomic E-state index is 13.4. The van der Waals surface area contributed by atoms with Gasteiger partial charge in [-0.05, 0) is 11.5 Å². The summed E-state index contributed by atoms with van der Waals surface area (Å²) in [6, 6.07) is 8.08. The minimum atomic E-state index is -1.47. The number of amides is 1. The Morgan fingerprint density at radius 1 is 1.14 bits per heavy atom. The molecule has 186 valence electrons. The quantitative estimate of drug-likeness (QED) is 0.491. The molecular weight excluding hydrogens is 454 g/mol. The summed E-state index contributed by atoms with van der Waals surface area (Å²) in [5.74, 6) is -4.13. The van der Waals surface area contributed by atoms with Crippen molar-refractivity contribution in [3.05, 3.63) is 42.2 Å². The lowest BCUT2D eigenvalue weighted by atomic mass is 9.83. The third-order valence-electron chi connectivity index (χ3n) is 5.91. The first-order valence-electron chi connectivity index (χ1n) is 11.4. The number of fused-ring (bicyclic) bond motifs is 1. The second-order valence-electron chi connectivity index (χ2n) is 9.08. The highest BCUT2D eigenvalue weighted by atomic mass is 16.7. The summed E-state index contributed by atoms with van der Waals surface area (Å²) in [5.41, 5.74) is -0.422. The van der Waals surface area contributed by atoms with E-state index in [-0.39, 0.29) is 12.3 Å². The number of carboxylic acid groups (broad SMARTS) is 1. The van der Waals surface area contributed by atoms with Crippen molar-refractivity contribution in [1.82, 2.24) is 10.3 Å². The van der Waals surface area contributed by atoms with Gasteiger partial charge in [0.1, 0.15) is 11.8 Å². The Bertz CT molecular complexity index is 1170. The van der Waals surface area contributed by atoms with Crippen molar-refractivity contribution in [1.29, 1.82) is 0 Å². The number of ketones is 1. The lowest BCUT2D eigenvalue weighted by Gasteiger charge is -2.30. The van der Waals surface area contributed by atoms with Crippen LogP contribution in [-0.4, -0.2) is 57.7 Å². The van der Waals surface area contributed by atoms with Gasteiger partial charge >= 0.3 is 11.9 Å². The average molecular weight is 484 g/mol. The molecule has 1 aromatic carbocycles. The van der Waals surface area contributed by atoms with Crippen molar-refractivity contribution in [3.8, 4) is 0 Å². The molecule has 10 heteroatoms. The van der Waals surface area contributed by atoms with E-state index in [0.29, 0.717) is 11.4 Å². The van der Waals surface area contributed by atoms with Crippen LogP contribution in [0.15, 0.2) is 41.7 Å². The van der Waals surface area contributed by atoms with Gasteiger partial charge in [0.25, 0.3) is 5.91 Å². The van der Waals surface area contributed by atoms with Gasteiger partial charge in [0.15, 0.2) is 12.4 Å². The minimum absolute atomic E-state index is 0.0772. The number of nitrogens with zero attached hydrogens (tertiary/aromatic N) is 2. The zero-order valence-electron chi connectivity index (χ0n) is 20.1. The summed E-state index contributed by atoms with van der Waals surface area (Å²) in [7, 11) is 0. The number of aromatic nitrogens is 1. The van der Waals surface area contributed by atoms with Gasteiger partial charge in [-0.25, -0.2) is 0 Å². The van der Waals surface area contributed by atoms with Crippen molar-refractivity contribution in [2.24, 2.45) is 17.0 Å². The number of hydrogen-bond acceptors (Lipinski definition) is 8. The standard InChI is InChI=1S/C25H29N3O7/c1-14(2)23(32)34-13-20(29)18(11-21(30)31)27-24(33)25(15(3)4)12-19(28-35-25)22-17-8-6-5-7-16(17)9-10-26-22/h5-10,14-15,18H,11-13H2,1-4H3,(H,27,33)(H,30,31)/t18-,25-/m0/s1. The number of aliphatic carboxylic acids is 1. The molecule has 2 N–H and O–H groups in total. The number of hydrogen-bond donors (Lipinski definition) is 2. The highest BCUT2D eigenvalue weighted by molar-refractivity contribution is 6.12. The SMILES string of the molecule is CC(C)C(=O)OCC(=O)[C@H](CC(=O)O)NC(=O)[C@@]1(C(C)C)CC(c2nccc3ccccc23)=NO1. The van der Waals surface area contributed by atoms with Crippen molar-refractivity contribution >= 4 is 40.1 Å². The Morgan fingerprint density at radius 2 is 1.86 bits per heavy atom. The van der Waals surface area contributed by atoms with Crippen LogP contribution in [-0.2, 0) is 28.8 Å². The Kier molecular flexibility index (Phi) is 7.83. The van der Waals surface area contributed by atoms with Gasteiger partial charge in [-0.1, -0.05) is 57.1 Å². The maximum absolute atomic E-state index is 13.4. The molecule has 2 aromatic rings. The van der Waals surface area contributed by atoms with E-state index in [1.807, 2.05) is 30.3 Å². The summed E-state index contributed by atoms with van der Waals surface area (Å²) >= 11 is 0. The molecule has 1 aliphatic heterocycles. The molecular formula is C25H29N3O7. The van der Waals surface area contributed by atoms with Gasteiger partial charge in [-0.15, -0.1) is 0 Å². The van der Waals surface area contributed by atoms with E-state index in [1.165, 1.54) is 0 Å². The van der Waals surface area contributed by atoms with Gasteiger partial charge < -0.3 is 20.0 Å². The molecule has 35 heavy (non-hydrogen) atoms. The van der Waals surface area contributed by atoms with E-state index >= 15 is 0 Å². The van der Waals surface area contributed by atoms with Crippen LogP contribution >= 0.6 is 0 Å². The fourth-order valence-electron chi connectivity index (χ4n) is 3.73. The van der Waals surface area contributed by atoms with Crippen LogP contribution in [0.5, 0.6) is 0 Å². The zero-order valence-corrected chi connectivity index (χ0v) is 20.1. The van der Waals surface area contributed by atoms with Crippen molar-refractivity contribution in [3.63, 3.8) is 0 Å². The van der Waals surface area contributed by atoms with Crippen LogP contribution in [0.1, 0.15) is 46.2 Å². The van der Waals surface area contributed by atoms with E-state index in [1.54, 1.807) is 33.9 Å². The Morgan fingerprint density at radius 3 is 2.51 bits per heavy atom. The van der Waals surface area contributed by atoms with Crippen LogP contribution in [0.3, 0.4) is 0 Å². The maximum Gasteiger partial charge on any atom is 0.308 e. The second-order valence-corrected chi connectivity index (χ2v) is 9.08. The molecule has 0 saturated carbocycles. The molecule has 3 rings (SSSR count). The van der Waals surface area contributed by atoms with E-state index in [9.17, 15) is 24.3 Å². The summed E-state index contributed by atoms with van der Waals surface area (Å²) in [5, 5.41) is 17.7. The van der Waals surface area contributed by atoms with E-state index < -0.39 is 54.2 Å². The number of Topliss-reactive ketones (excluding diaryl/α,β-unsaturated/α-hetero) is 1. The van der Waals surface area contributed by atoms with Gasteiger partial charge in [0, 0.05) is 23.9 Å². The van der Waals surface area contributed by atoms with Crippen LogP contribution in [0.2, 0.25) is 0 Å². The number of carbonyl (C=O) groups is 4. The number of esters is 1. The lowest BCUT2D eigenvalue weighted by molar-refractivity contribution is -0.155. The van der Waals surface area contributed by atoms with Gasteiger partial charge in [0.05, 0.1) is 18.0 Å². The smallest absolute Gasteiger partial charge is 0.308 e. The zero-order chi connectivity index (χ0) is 25.8. The summed E-state index contributed by atoms with van der Waals surface area (Å²) in [6.45, 7) is 6.11. The van der Waals surface area contributed by atoms with E-state index in [0.717, 1.165) is 10.8 Å².